The molecule has 2 aromatic carbocycles. The van der Waals surface area contributed by atoms with Gasteiger partial charge in [0.15, 0.2) is 0 Å². The molecule has 1 fully saturated rings. The summed E-state index contributed by atoms with van der Waals surface area (Å²) < 4.78 is 18.6. The monoisotopic (exact) mass is 371 g/mol. The second-order valence-electron chi connectivity index (χ2n) is 6.60. The molecule has 0 saturated carbocycles. The molecular formula is C21H26FN3O2. The molecule has 1 heterocycles. The molecule has 2 amide bonds. The molecule has 0 unspecified atom stereocenters. The predicted molar refractivity (Wildman–Crippen MR) is 103 cm³/mol. The Morgan fingerprint density at radius 3 is 2.41 bits per heavy atom. The smallest absolute Gasteiger partial charge is 0.317 e. The van der Waals surface area contributed by atoms with Gasteiger partial charge in [-0.15, -0.1) is 0 Å². The van der Waals surface area contributed by atoms with Crippen molar-refractivity contribution in [1.29, 1.82) is 0 Å². The number of ether oxygens (including phenoxy) is 1. The number of carbonyl (C=O) groups excluding carboxylic acids is 1. The minimum atomic E-state index is -0.241. The number of hydrogen-bond donors (Lipinski definition) is 1. The first-order valence-electron chi connectivity index (χ1n) is 9.38. The summed E-state index contributed by atoms with van der Waals surface area (Å²) in [5, 5.41) is 2.95. The van der Waals surface area contributed by atoms with Gasteiger partial charge in [0.05, 0.1) is 0 Å². The van der Waals surface area contributed by atoms with E-state index in [1.807, 2.05) is 35.2 Å². The molecule has 0 radical (unpaired) electrons. The van der Waals surface area contributed by atoms with E-state index in [9.17, 15) is 9.18 Å². The standard InChI is InChI=1S/C21H26FN3O2/c22-19-8-6-18(7-9-19)10-11-23-21(26)25-14-12-24(13-15-25)16-17-27-20-4-2-1-3-5-20/h1-9H,10-17H2,(H,23,26). The van der Waals surface area contributed by atoms with Crippen LogP contribution in [0.3, 0.4) is 0 Å². The Balaban J connectivity index is 1.30. The van der Waals surface area contributed by atoms with Crippen LogP contribution in [-0.2, 0) is 6.42 Å². The van der Waals surface area contributed by atoms with Crippen LogP contribution in [0.1, 0.15) is 5.56 Å². The van der Waals surface area contributed by atoms with E-state index in [-0.39, 0.29) is 11.8 Å². The Labute approximate surface area is 159 Å². The van der Waals surface area contributed by atoms with E-state index < -0.39 is 0 Å². The van der Waals surface area contributed by atoms with Crippen LogP contribution in [0.15, 0.2) is 54.6 Å². The molecular weight excluding hydrogens is 345 g/mol. The molecule has 0 atom stereocenters. The molecule has 1 aliphatic rings. The van der Waals surface area contributed by atoms with Gasteiger partial charge in [-0.05, 0) is 36.2 Å². The van der Waals surface area contributed by atoms with Crippen LogP contribution in [-0.4, -0.2) is 61.7 Å². The Kier molecular flexibility index (Phi) is 7.04. The molecule has 0 spiro atoms. The van der Waals surface area contributed by atoms with E-state index in [1.54, 1.807) is 12.1 Å². The van der Waals surface area contributed by atoms with Gasteiger partial charge in [-0.1, -0.05) is 30.3 Å². The van der Waals surface area contributed by atoms with E-state index in [2.05, 4.69) is 10.2 Å². The largest absolute Gasteiger partial charge is 0.492 e. The van der Waals surface area contributed by atoms with Crippen LogP contribution in [0.5, 0.6) is 5.75 Å². The van der Waals surface area contributed by atoms with Crippen molar-refractivity contribution in [3.63, 3.8) is 0 Å². The molecule has 0 bridgehead atoms. The van der Waals surface area contributed by atoms with E-state index in [0.29, 0.717) is 32.7 Å². The fourth-order valence-corrected chi connectivity index (χ4v) is 3.06. The predicted octanol–water partition coefficient (Wildman–Crippen LogP) is 2.77. The highest BCUT2D eigenvalue weighted by Crippen LogP contribution is 2.09. The molecule has 0 aliphatic carbocycles. The van der Waals surface area contributed by atoms with Gasteiger partial charge in [-0.2, -0.15) is 0 Å². The summed E-state index contributed by atoms with van der Waals surface area (Å²) >= 11 is 0. The summed E-state index contributed by atoms with van der Waals surface area (Å²) in [7, 11) is 0. The minimum absolute atomic E-state index is 0.0303. The number of halogens is 1. The fourth-order valence-electron chi connectivity index (χ4n) is 3.06. The third kappa shape index (κ3) is 6.25. The maximum atomic E-state index is 12.9. The lowest BCUT2D eigenvalue weighted by Gasteiger charge is -2.34. The van der Waals surface area contributed by atoms with Crippen LogP contribution in [0.4, 0.5) is 9.18 Å². The Morgan fingerprint density at radius 2 is 1.70 bits per heavy atom. The fraction of sp³-hybridized carbons (Fsp3) is 0.381. The Bertz CT molecular complexity index is 701. The summed E-state index contributed by atoms with van der Waals surface area (Å²) in [6, 6.07) is 16.1. The first-order valence-corrected chi connectivity index (χ1v) is 9.38. The van der Waals surface area contributed by atoms with Crippen molar-refractivity contribution < 1.29 is 13.9 Å². The molecule has 6 heteroatoms. The summed E-state index contributed by atoms with van der Waals surface area (Å²) in [5.74, 6) is 0.645. The number of carbonyl (C=O) groups is 1. The Hall–Kier alpha value is -2.60. The molecule has 1 saturated heterocycles. The quantitative estimate of drug-likeness (QED) is 0.814. The van der Waals surface area contributed by atoms with E-state index >= 15 is 0 Å². The third-order valence-corrected chi connectivity index (χ3v) is 4.68. The number of hydrogen-bond acceptors (Lipinski definition) is 3. The number of benzene rings is 2. The molecule has 27 heavy (non-hydrogen) atoms. The van der Waals surface area contributed by atoms with Crippen molar-refractivity contribution >= 4 is 6.03 Å². The van der Waals surface area contributed by atoms with Crippen molar-refractivity contribution in [2.24, 2.45) is 0 Å². The molecule has 1 N–H and O–H groups in total. The molecule has 0 aromatic heterocycles. The number of nitrogens with zero attached hydrogens (tertiary/aromatic N) is 2. The van der Waals surface area contributed by atoms with Gasteiger partial charge in [-0.3, -0.25) is 4.90 Å². The maximum Gasteiger partial charge on any atom is 0.317 e. The SMILES string of the molecule is O=C(NCCc1ccc(F)cc1)N1CCN(CCOc2ccccc2)CC1. The Morgan fingerprint density at radius 1 is 1.00 bits per heavy atom. The van der Waals surface area contributed by atoms with Crippen LogP contribution in [0, 0.1) is 5.82 Å². The first-order chi connectivity index (χ1) is 13.2. The van der Waals surface area contributed by atoms with Gasteiger partial charge in [0, 0.05) is 39.3 Å². The summed E-state index contributed by atoms with van der Waals surface area (Å²) in [5.41, 5.74) is 1.01. The van der Waals surface area contributed by atoms with Crippen molar-refractivity contribution in [2.75, 3.05) is 45.9 Å². The lowest BCUT2D eigenvalue weighted by atomic mass is 10.1. The molecule has 5 nitrogen and oxygen atoms in total. The summed E-state index contributed by atoms with van der Waals surface area (Å²) in [6.07, 6.45) is 0.697. The molecule has 2 aromatic rings. The zero-order valence-electron chi connectivity index (χ0n) is 15.4. The zero-order chi connectivity index (χ0) is 18.9. The number of piperazine rings is 1. The van der Waals surface area contributed by atoms with Crippen molar-refractivity contribution in [2.45, 2.75) is 6.42 Å². The first kappa shape index (κ1) is 19.2. The van der Waals surface area contributed by atoms with Gasteiger partial charge < -0.3 is 15.0 Å². The van der Waals surface area contributed by atoms with Crippen LogP contribution in [0.25, 0.3) is 0 Å². The van der Waals surface area contributed by atoms with Crippen LogP contribution in [0.2, 0.25) is 0 Å². The minimum Gasteiger partial charge on any atom is -0.492 e. The molecule has 144 valence electrons. The van der Waals surface area contributed by atoms with Crippen LogP contribution < -0.4 is 10.1 Å². The zero-order valence-corrected chi connectivity index (χ0v) is 15.4. The average molecular weight is 371 g/mol. The highest BCUT2D eigenvalue weighted by atomic mass is 19.1. The van der Waals surface area contributed by atoms with Gasteiger partial charge >= 0.3 is 6.03 Å². The van der Waals surface area contributed by atoms with Gasteiger partial charge in [0.25, 0.3) is 0 Å². The van der Waals surface area contributed by atoms with Gasteiger partial charge in [0.2, 0.25) is 0 Å². The van der Waals surface area contributed by atoms with Crippen molar-refractivity contribution in [1.82, 2.24) is 15.1 Å². The number of urea groups is 1. The second-order valence-corrected chi connectivity index (χ2v) is 6.60. The summed E-state index contributed by atoms with van der Waals surface area (Å²) in [6.45, 7) is 5.19. The second kappa shape index (κ2) is 9.92. The highest BCUT2D eigenvalue weighted by Gasteiger charge is 2.20. The van der Waals surface area contributed by atoms with E-state index in [0.717, 1.165) is 30.9 Å². The maximum absolute atomic E-state index is 12.9. The lowest BCUT2D eigenvalue weighted by Crippen LogP contribution is -2.52. The topological polar surface area (TPSA) is 44.8 Å². The molecule has 1 aliphatic heterocycles. The van der Waals surface area contributed by atoms with Crippen molar-refractivity contribution in [3.8, 4) is 5.75 Å². The van der Waals surface area contributed by atoms with E-state index in [4.69, 9.17) is 4.74 Å². The van der Waals surface area contributed by atoms with Gasteiger partial charge in [0.1, 0.15) is 18.2 Å². The number of nitrogens with one attached hydrogen (secondary N) is 1. The normalized spacial score (nSPS) is 14.8. The average Bonchev–Trinajstić information content (AvgIpc) is 2.71. The van der Waals surface area contributed by atoms with Crippen molar-refractivity contribution in [3.05, 3.63) is 66.0 Å². The van der Waals surface area contributed by atoms with Gasteiger partial charge in [-0.25, -0.2) is 9.18 Å². The third-order valence-electron chi connectivity index (χ3n) is 4.68. The summed E-state index contributed by atoms with van der Waals surface area (Å²) in [4.78, 5) is 16.4. The van der Waals surface area contributed by atoms with E-state index in [1.165, 1.54) is 12.1 Å². The number of rotatable bonds is 7. The van der Waals surface area contributed by atoms with Crippen LogP contribution >= 0.6 is 0 Å². The highest BCUT2D eigenvalue weighted by molar-refractivity contribution is 5.74. The number of amides is 2. The molecule has 3 rings (SSSR count). The number of para-hydroxylation sites is 1. The lowest BCUT2D eigenvalue weighted by molar-refractivity contribution is 0.126.